The molecule has 0 saturated carbocycles. The van der Waals surface area contributed by atoms with E-state index in [-0.39, 0.29) is 78.4 Å². The summed E-state index contributed by atoms with van der Waals surface area (Å²) in [6, 6.07) is 0. The van der Waals surface area contributed by atoms with Crippen molar-refractivity contribution >= 4 is 8.41 Å². The van der Waals surface area contributed by atoms with Crippen molar-refractivity contribution in [2.45, 2.75) is 0 Å². The van der Waals surface area contributed by atoms with E-state index in [1.165, 1.54) is 0 Å². The van der Waals surface area contributed by atoms with Crippen molar-refractivity contribution in [3.8, 4) is 0 Å². The van der Waals surface area contributed by atoms with Gasteiger partial charge in [-0.1, -0.05) is 0 Å². The fraction of sp³-hybridized carbons (Fsp3) is 0. The van der Waals surface area contributed by atoms with Crippen molar-refractivity contribution < 1.29 is 63.8 Å². The first-order valence-electron chi connectivity index (χ1n) is 0. The van der Waals surface area contributed by atoms with Crippen molar-refractivity contribution in [3.63, 3.8) is 0 Å². The van der Waals surface area contributed by atoms with Gasteiger partial charge in [0.25, 0.3) is 0 Å². The van der Waals surface area contributed by atoms with E-state index in [9.17, 15) is 0 Å². The first kappa shape index (κ1) is 38.3. The Morgan fingerprint density at radius 3 is 1.00 bits per heavy atom. The van der Waals surface area contributed by atoms with E-state index in [2.05, 4.69) is 0 Å². The van der Waals surface area contributed by atoms with Crippen LogP contribution in [0, 0.1) is 0 Å². The Balaban J connectivity index is 0. The molecule has 0 radical (unpaired) electrons. The SMILES string of the molecule is B.N.[Cl-].[K+]. The van der Waals surface area contributed by atoms with E-state index < -0.39 is 0 Å². The third-order valence-corrected chi connectivity index (χ3v) is 0. The normalized spacial score (nSPS) is 0. The monoisotopic (exact) mass is 105 g/mol. The van der Waals surface area contributed by atoms with Crippen molar-refractivity contribution in [1.82, 2.24) is 6.15 Å². The van der Waals surface area contributed by atoms with Crippen LogP contribution in [-0.2, 0) is 0 Å². The Labute approximate surface area is 76.9 Å². The molecule has 4 heteroatoms. The average molecular weight is 105 g/mol. The molecule has 0 atom stereocenters. The zero-order chi connectivity index (χ0) is 0. The van der Waals surface area contributed by atoms with Gasteiger partial charge in [0.2, 0.25) is 0 Å². The fourth-order valence-corrected chi connectivity index (χ4v) is 0. The largest absolute Gasteiger partial charge is 1.00 e. The molecular weight excluding hydrogens is 99.4 g/mol. The number of hydrogen-bond donors (Lipinski definition) is 1. The minimum atomic E-state index is 0. The number of halogens is 1. The van der Waals surface area contributed by atoms with Gasteiger partial charge in [-0.3, -0.25) is 0 Å². The smallest absolute Gasteiger partial charge is 1.00 e. The van der Waals surface area contributed by atoms with E-state index in [0.29, 0.717) is 0 Å². The molecule has 0 aromatic rings. The minimum absolute atomic E-state index is 0. The van der Waals surface area contributed by atoms with Crippen LogP contribution in [0.3, 0.4) is 0 Å². The Morgan fingerprint density at radius 2 is 1.00 bits per heavy atom. The topological polar surface area (TPSA) is 35.0 Å². The zero-order valence-corrected chi connectivity index (χ0v) is 5.96. The van der Waals surface area contributed by atoms with Crippen LogP contribution >= 0.6 is 0 Å². The van der Waals surface area contributed by atoms with Gasteiger partial charge in [0, 0.05) is 0 Å². The van der Waals surface area contributed by atoms with Crippen LogP contribution in [0.5, 0.6) is 0 Å². The Kier molecular flexibility index (Phi) is 194. The van der Waals surface area contributed by atoms with Crippen LogP contribution in [0.25, 0.3) is 0 Å². The Hall–Kier alpha value is 1.95. The molecule has 0 spiro atoms. The van der Waals surface area contributed by atoms with Gasteiger partial charge < -0.3 is 18.6 Å². The maximum absolute atomic E-state index is 0. The average Bonchev–Trinajstić information content (AvgIpc) is 0. The van der Waals surface area contributed by atoms with Gasteiger partial charge in [0.1, 0.15) is 0 Å². The molecule has 0 amide bonds. The van der Waals surface area contributed by atoms with Gasteiger partial charge in [-0.2, -0.15) is 0 Å². The maximum Gasteiger partial charge on any atom is 1.00 e. The van der Waals surface area contributed by atoms with Crippen LogP contribution in [0.2, 0.25) is 0 Å². The predicted molar refractivity (Wildman–Crippen MR) is 15.0 cm³/mol. The second kappa shape index (κ2) is 20.3. The quantitative estimate of drug-likeness (QED) is 0.305. The van der Waals surface area contributed by atoms with Crippen LogP contribution in [-0.4, -0.2) is 8.41 Å². The van der Waals surface area contributed by atoms with E-state index >= 15 is 0 Å². The summed E-state index contributed by atoms with van der Waals surface area (Å²) in [5.74, 6) is 0. The molecule has 1 nitrogen and oxygen atoms in total. The van der Waals surface area contributed by atoms with E-state index in [1.807, 2.05) is 0 Å². The Bertz CT molecular complexity index is 8.00. The van der Waals surface area contributed by atoms with Gasteiger partial charge >= 0.3 is 51.4 Å². The van der Waals surface area contributed by atoms with Crippen LogP contribution in [0.1, 0.15) is 0 Å². The predicted octanol–water partition coefficient (Wildman–Crippen LogP) is -7.01. The first-order chi connectivity index (χ1) is 0. The molecule has 0 heterocycles. The Morgan fingerprint density at radius 1 is 1.00 bits per heavy atom. The molecule has 4 heavy (non-hydrogen) atoms. The molecule has 22 valence electrons. The molecule has 3 N–H and O–H groups in total. The number of hydrogen-bond acceptors (Lipinski definition) is 1. The van der Waals surface area contributed by atoms with E-state index in [1.54, 1.807) is 0 Å². The second-order valence-electron chi connectivity index (χ2n) is 0. The summed E-state index contributed by atoms with van der Waals surface area (Å²) in [4.78, 5) is 0. The molecule has 0 unspecified atom stereocenters. The van der Waals surface area contributed by atoms with Crippen molar-refractivity contribution in [2.75, 3.05) is 0 Å². The summed E-state index contributed by atoms with van der Waals surface area (Å²) in [5.41, 5.74) is 0. The third kappa shape index (κ3) is 9.04. The third-order valence-electron chi connectivity index (χ3n) is 0. The van der Waals surface area contributed by atoms with Gasteiger partial charge in [-0.25, -0.2) is 0 Å². The molecule has 0 aliphatic heterocycles. The van der Waals surface area contributed by atoms with Crippen molar-refractivity contribution in [2.24, 2.45) is 0 Å². The molecule has 0 fully saturated rings. The molecule has 0 aromatic heterocycles. The van der Waals surface area contributed by atoms with Crippen LogP contribution in [0.4, 0.5) is 0 Å². The summed E-state index contributed by atoms with van der Waals surface area (Å²) in [6.45, 7) is 0. The van der Waals surface area contributed by atoms with Crippen LogP contribution < -0.4 is 69.9 Å². The second-order valence-corrected chi connectivity index (χ2v) is 0. The summed E-state index contributed by atoms with van der Waals surface area (Å²) >= 11 is 0. The summed E-state index contributed by atoms with van der Waals surface area (Å²) in [6.07, 6.45) is 0. The van der Waals surface area contributed by atoms with Crippen LogP contribution in [0.15, 0.2) is 0 Å². The molecule has 0 aliphatic carbocycles. The van der Waals surface area contributed by atoms with Crippen molar-refractivity contribution in [3.05, 3.63) is 0 Å². The minimum Gasteiger partial charge on any atom is -1.00 e. The summed E-state index contributed by atoms with van der Waals surface area (Å²) in [7, 11) is 0. The van der Waals surface area contributed by atoms with E-state index in [0.717, 1.165) is 0 Å². The summed E-state index contributed by atoms with van der Waals surface area (Å²) < 4.78 is 0. The van der Waals surface area contributed by atoms with E-state index in [4.69, 9.17) is 0 Å². The zero-order valence-electron chi connectivity index (χ0n) is 2.09. The molecule has 0 aliphatic rings. The van der Waals surface area contributed by atoms with Gasteiger partial charge in [-0.15, -0.1) is 0 Å². The molecule has 0 aromatic carbocycles. The molecule has 0 bridgehead atoms. The van der Waals surface area contributed by atoms with Gasteiger partial charge in [0.15, 0.2) is 0 Å². The standard InChI is InChI=1S/BH3.ClH.K.H3N/h1H3;1H;;1H3/q;;+1;/p-1. The molecule has 0 saturated heterocycles. The van der Waals surface area contributed by atoms with Gasteiger partial charge in [0.05, 0.1) is 8.41 Å². The van der Waals surface area contributed by atoms with Crippen molar-refractivity contribution in [1.29, 1.82) is 0 Å². The molecule has 0 rings (SSSR count). The van der Waals surface area contributed by atoms with Gasteiger partial charge in [-0.05, 0) is 0 Å². The maximum atomic E-state index is 0. The molecular formula is H6BClKN. The first-order valence-corrected chi connectivity index (χ1v) is 0. The number of rotatable bonds is 0. The summed E-state index contributed by atoms with van der Waals surface area (Å²) in [5, 5.41) is 0. The fourth-order valence-electron chi connectivity index (χ4n) is 0.